The monoisotopic (exact) mass is 529 g/mol. The lowest BCUT2D eigenvalue weighted by Crippen LogP contribution is -2.40. The summed E-state index contributed by atoms with van der Waals surface area (Å²) in [6, 6.07) is 16.5. The van der Waals surface area contributed by atoms with Gasteiger partial charge in [0.15, 0.2) is 0 Å². The van der Waals surface area contributed by atoms with E-state index in [2.05, 4.69) is 59.3 Å². The van der Waals surface area contributed by atoms with Gasteiger partial charge in [0.25, 0.3) is 0 Å². The standard InChI is InChI=1S/C31H39N5O3/c1-31(2,3)26-11-9-24(10-12-26)29-33-27(39-34-29)21-35-16-13-25(14-17-35)30(38)32-19-22-6-4-7-23(18-22)20-36-15-5-8-28(36)37/h4,6-7,9-12,18,25H,5,8,13-17,19-21H2,1-3H3,(H,32,38). The number of carbonyl (C=O) groups is 2. The number of aromatic nitrogens is 2. The van der Waals surface area contributed by atoms with Crippen molar-refractivity contribution in [3.63, 3.8) is 0 Å². The first kappa shape index (κ1) is 27.1. The van der Waals surface area contributed by atoms with Gasteiger partial charge in [-0.1, -0.05) is 74.5 Å². The van der Waals surface area contributed by atoms with Crippen LogP contribution in [0.5, 0.6) is 0 Å². The quantitative estimate of drug-likeness (QED) is 0.455. The van der Waals surface area contributed by atoms with E-state index in [0.717, 1.165) is 55.6 Å². The molecule has 1 N–H and O–H groups in total. The Bertz CT molecular complexity index is 1290. The first-order chi connectivity index (χ1) is 18.7. The maximum absolute atomic E-state index is 12.9. The Hall–Kier alpha value is -3.52. The van der Waals surface area contributed by atoms with Gasteiger partial charge < -0.3 is 14.7 Å². The molecule has 2 aliphatic rings. The van der Waals surface area contributed by atoms with Crippen LogP contribution in [0.2, 0.25) is 0 Å². The van der Waals surface area contributed by atoms with E-state index in [0.29, 0.717) is 37.8 Å². The Kier molecular flexibility index (Phi) is 8.12. The van der Waals surface area contributed by atoms with Crippen molar-refractivity contribution in [2.75, 3.05) is 19.6 Å². The Morgan fingerprint density at radius 2 is 1.77 bits per heavy atom. The van der Waals surface area contributed by atoms with Gasteiger partial charge in [0, 0.05) is 37.5 Å². The lowest BCUT2D eigenvalue weighted by molar-refractivity contribution is -0.128. The Morgan fingerprint density at radius 3 is 2.46 bits per heavy atom. The second-order valence-electron chi connectivity index (χ2n) is 11.8. The van der Waals surface area contributed by atoms with Crippen LogP contribution in [0.1, 0.15) is 69.0 Å². The van der Waals surface area contributed by atoms with Crippen molar-refractivity contribution >= 4 is 11.8 Å². The number of hydrogen-bond acceptors (Lipinski definition) is 6. The lowest BCUT2D eigenvalue weighted by Gasteiger charge is -2.30. The molecule has 2 aromatic carbocycles. The summed E-state index contributed by atoms with van der Waals surface area (Å²) in [6.45, 7) is 10.8. The summed E-state index contributed by atoms with van der Waals surface area (Å²) >= 11 is 0. The van der Waals surface area contributed by atoms with Gasteiger partial charge in [0.2, 0.25) is 23.5 Å². The smallest absolute Gasteiger partial charge is 0.241 e. The summed E-state index contributed by atoms with van der Waals surface area (Å²) < 4.78 is 5.53. The maximum Gasteiger partial charge on any atom is 0.241 e. The van der Waals surface area contributed by atoms with Crippen LogP contribution in [0.4, 0.5) is 0 Å². The molecule has 0 bridgehead atoms. The van der Waals surface area contributed by atoms with Gasteiger partial charge in [-0.05, 0) is 54.5 Å². The van der Waals surface area contributed by atoms with Gasteiger partial charge in [-0.25, -0.2) is 0 Å². The van der Waals surface area contributed by atoms with Crippen LogP contribution in [0, 0.1) is 5.92 Å². The fourth-order valence-electron chi connectivity index (χ4n) is 5.36. The van der Waals surface area contributed by atoms with Gasteiger partial charge >= 0.3 is 0 Å². The molecule has 206 valence electrons. The molecule has 0 atom stereocenters. The predicted octanol–water partition coefficient (Wildman–Crippen LogP) is 4.68. The molecule has 2 aliphatic heterocycles. The molecule has 2 saturated heterocycles. The fourth-order valence-corrected chi connectivity index (χ4v) is 5.36. The van der Waals surface area contributed by atoms with E-state index in [1.807, 2.05) is 35.2 Å². The topological polar surface area (TPSA) is 91.6 Å². The highest BCUT2D eigenvalue weighted by atomic mass is 16.5. The third-order valence-corrected chi connectivity index (χ3v) is 7.80. The maximum atomic E-state index is 12.9. The summed E-state index contributed by atoms with van der Waals surface area (Å²) in [6.07, 6.45) is 3.20. The number of nitrogens with zero attached hydrogens (tertiary/aromatic N) is 4. The number of likely N-dealkylation sites (tertiary alicyclic amines) is 2. The molecule has 8 heteroatoms. The number of rotatable bonds is 8. The number of benzene rings is 2. The highest BCUT2D eigenvalue weighted by Gasteiger charge is 2.26. The number of hydrogen-bond donors (Lipinski definition) is 1. The van der Waals surface area contributed by atoms with E-state index in [4.69, 9.17) is 4.52 Å². The number of carbonyl (C=O) groups excluding carboxylic acids is 2. The highest BCUT2D eigenvalue weighted by Crippen LogP contribution is 2.26. The highest BCUT2D eigenvalue weighted by molar-refractivity contribution is 5.79. The Labute approximate surface area is 230 Å². The molecule has 0 radical (unpaired) electrons. The van der Waals surface area contributed by atoms with Crippen molar-refractivity contribution in [2.45, 2.75) is 71.5 Å². The molecule has 2 amide bonds. The second kappa shape index (κ2) is 11.7. The molecule has 0 aliphatic carbocycles. The van der Waals surface area contributed by atoms with Crippen molar-refractivity contribution in [3.8, 4) is 11.4 Å². The SMILES string of the molecule is CC(C)(C)c1ccc(-c2noc(CN3CCC(C(=O)NCc4cccc(CN5CCCC5=O)c4)CC3)n2)cc1. The number of nitrogens with one attached hydrogen (secondary N) is 1. The van der Waals surface area contributed by atoms with Crippen LogP contribution >= 0.6 is 0 Å². The van der Waals surface area contributed by atoms with E-state index in [1.54, 1.807) is 0 Å². The molecular weight excluding hydrogens is 490 g/mol. The minimum atomic E-state index is 0.00577. The fraction of sp³-hybridized carbons (Fsp3) is 0.484. The number of piperidine rings is 1. The average molecular weight is 530 g/mol. The molecule has 3 heterocycles. The average Bonchev–Trinajstić information content (AvgIpc) is 3.56. The van der Waals surface area contributed by atoms with Crippen LogP contribution in [0.15, 0.2) is 53.1 Å². The first-order valence-corrected chi connectivity index (χ1v) is 14.0. The van der Waals surface area contributed by atoms with Crippen molar-refractivity contribution in [3.05, 3.63) is 71.1 Å². The Balaban J connectivity index is 1.07. The van der Waals surface area contributed by atoms with Crippen molar-refractivity contribution < 1.29 is 14.1 Å². The van der Waals surface area contributed by atoms with Crippen molar-refractivity contribution in [1.82, 2.24) is 25.3 Å². The predicted molar refractivity (Wildman–Crippen MR) is 149 cm³/mol. The molecule has 1 aromatic heterocycles. The Morgan fingerprint density at radius 1 is 1.03 bits per heavy atom. The van der Waals surface area contributed by atoms with E-state index in [1.165, 1.54) is 5.56 Å². The van der Waals surface area contributed by atoms with E-state index >= 15 is 0 Å². The summed E-state index contributed by atoms with van der Waals surface area (Å²) in [4.78, 5) is 33.6. The zero-order valence-electron chi connectivity index (χ0n) is 23.3. The van der Waals surface area contributed by atoms with E-state index < -0.39 is 0 Å². The van der Waals surface area contributed by atoms with Gasteiger partial charge in [-0.3, -0.25) is 14.5 Å². The zero-order valence-corrected chi connectivity index (χ0v) is 23.3. The van der Waals surface area contributed by atoms with Crippen LogP contribution < -0.4 is 5.32 Å². The molecule has 3 aromatic rings. The van der Waals surface area contributed by atoms with Crippen LogP contribution in [-0.2, 0) is 34.6 Å². The molecule has 5 rings (SSSR count). The normalized spacial score (nSPS) is 17.1. The van der Waals surface area contributed by atoms with Gasteiger partial charge in [0.05, 0.1) is 6.54 Å². The first-order valence-electron chi connectivity index (χ1n) is 14.0. The van der Waals surface area contributed by atoms with E-state index in [9.17, 15) is 9.59 Å². The minimum absolute atomic E-state index is 0.00577. The summed E-state index contributed by atoms with van der Waals surface area (Å²) in [5.74, 6) is 1.55. The molecule has 0 unspecified atom stereocenters. The van der Waals surface area contributed by atoms with Crippen molar-refractivity contribution in [1.29, 1.82) is 0 Å². The molecule has 8 nitrogen and oxygen atoms in total. The second-order valence-corrected chi connectivity index (χ2v) is 11.8. The molecule has 39 heavy (non-hydrogen) atoms. The molecule has 2 fully saturated rings. The van der Waals surface area contributed by atoms with E-state index in [-0.39, 0.29) is 23.1 Å². The summed E-state index contributed by atoms with van der Waals surface area (Å²) in [7, 11) is 0. The van der Waals surface area contributed by atoms with Gasteiger partial charge in [0.1, 0.15) is 0 Å². The molecule has 0 spiro atoms. The van der Waals surface area contributed by atoms with Gasteiger partial charge in [-0.2, -0.15) is 4.98 Å². The zero-order chi connectivity index (χ0) is 27.4. The van der Waals surface area contributed by atoms with Crippen LogP contribution in [0.3, 0.4) is 0 Å². The summed E-state index contributed by atoms with van der Waals surface area (Å²) in [5.41, 5.74) is 4.49. The van der Waals surface area contributed by atoms with Gasteiger partial charge in [-0.15, -0.1) is 0 Å². The van der Waals surface area contributed by atoms with Crippen LogP contribution in [0.25, 0.3) is 11.4 Å². The minimum Gasteiger partial charge on any atom is -0.352 e. The third kappa shape index (κ3) is 6.92. The largest absolute Gasteiger partial charge is 0.352 e. The number of amides is 2. The van der Waals surface area contributed by atoms with Crippen molar-refractivity contribution in [2.24, 2.45) is 5.92 Å². The van der Waals surface area contributed by atoms with Crippen LogP contribution in [-0.4, -0.2) is 51.4 Å². The molecule has 0 saturated carbocycles. The summed E-state index contributed by atoms with van der Waals surface area (Å²) in [5, 5.41) is 7.30. The lowest BCUT2D eigenvalue weighted by atomic mass is 9.87. The third-order valence-electron chi connectivity index (χ3n) is 7.80. The molecular formula is C31H39N5O3.